The predicted octanol–water partition coefficient (Wildman–Crippen LogP) is 0.548. The lowest BCUT2D eigenvalue weighted by atomic mass is 9.93. The molecule has 0 aromatic carbocycles. The van der Waals surface area contributed by atoms with Gasteiger partial charge in [-0.1, -0.05) is 0 Å². The van der Waals surface area contributed by atoms with Gasteiger partial charge in [0.05, 0.1) is 19.1 Å². The summed E-state index contributed by atoms with van der Waals surface area (Å²) in [7, 11) is 3.17. The molecule has 1 saturated carbocycles. The minimum absolute atomic E-state index is 0.0184. The standard InChI is InChI=1S/C12H20O6/c1-14-6-16-5-9-8-3-12(13)18-11(8)4-10(9)17-7-15-2/h8-11H,3-7H2,1-2H3/t8-,9-,10-,11+/m0/s1. The van der Waals surface area contributed by atoms with Crippen LogP contribution in [0.25, 0.3) is 0 Å². The molecule has 1 saturated heterocycles. The van der Waals surface area contributed by atoms with Crippen molar-refractivity contribution in [2.75, 3.05) is 34.4 Å². The van der Waals surface area contributed by atoms with Crippen LogP contribution in [0.5, 0.6) is 0 Å². The van der Waals surface area contributed by atoms with E-state index in [1.165, 1.54) is 0 Å². The minimum Gasteiger partial charge on any atom is -0.462 e. The van der Waals surface area contributed by atoms with E-state index in [0.29, 0.717) is 13.0 Å². The fraction of sp³-hybridized carbons (Fsp3) is 0.917. The van der Waals surface area contributed by atoms with Crippen molar-refractivity contribution in [1.29, 1.82) is 0 Å². The summed E-state index contributed by atoms with van der Waals surface area (Å²) >= 11 is 0. The van der Waals surface area contributed by atoms with Crippen molar-refractivity contribution in [2.45, 2.75) is 25.0 Å². The van der Waals surface area contributed by atoms with Gasteiger partial charge in [0.1, 0.15) is 19.7 Å². The maximum atomic E-state index is 11.3. The van der Waals surface area contributed by atoms with Gasteiger partial charge in [0.15, 0.2) is 0 Å². The number of ether oxygens (including phenoxy) is 5. The smallest absolute Gasteiger partial charge is 0.306 e. The lowest BCUT2D eigenvalue weighted by molar-refractivity contribution is -0.143. The van der Waals surface area contributed by atoms with Crippen molar-refractivity contribution in [3.63, 3.8) is 0 Å². The molecule has 0 N–H and O–H groups in total. The average molecular weight is 260 g/mol. The molecule has 0 unspecified atom stereocenters. The van der Waals surface area contributed by atoms with E-state index in [4.69, 9.17) is 23.7 Å². The van der Waals surface area contributed by atoms with E-state index >= 15 is 0 Å². The highest BCUT2D eigenvalue weighted by Gasteiger charge is 2.50. The third-order valence-corrected chi connectivity index (χ3v) is 3.57. The van der Waals surface area contributed by atoms with Crippen LogP contribution in [-0.2, 0) is 28.5 Å². The number of methoxy groups -OCH3 is 2. The molecule has 104 valence electrons. The summed E-state index contributed by atoms with van der Waals surface area (Å²) in [6.07, 6.45) is 1.17. The fourth-order valence-corrected chi connectivity index (χ4v) is 2.80. The second-order valence-electron chi connectivity index (χ2n) is 4.68. The van der Waals surface area contributed by atoms with Crippen LogP contribution in [0.15, 0.2) is 0 Å². The molecule has 6 heteroatoms. The van der Waals surface area contributed by atoms with Gasteiger partial charge in [-0.3, -0.25) is 4.79 Å². The summed E-state index contributed by atoms with van der Waals surface area (Å²) in [5.41, 5.74) is 0. The first-order valence-electron chi connectivity index (χ1n) is 6.13. The maximum Gasteiger partial charge on any atom is 0.306 e. The second-order valence-corrected chi connectivity index (χ2v) is 4.68. The van der Waals surface area contributed by atoms with Gasteiger partial charge >= 0.3 is 5.97 Å². The van der Waals surface area contributed by atoms with Crippen LogP contribution in [0.4, 0.5) is 0 Å². The number of carbonyl (C=O) groups is 1. The number of rotatable bonds is 7. The van der Waals surface area contributed by atoms with Crippen molar-refractivity contribution in [2.24, 2.45) is 11.8 Å². The van der Waals surface area contributed by atoms with Gasteiger partial charge in [0, 0.05) is 32.5 Å². The molecule has 0 amide bonds. The monoisotopic (exact) mass is 260 g/mol. The molecule has 0 aromatic heterocycles. The third kappa shape index (κ3) is 3.00. The van der Waals surface area contributed by atoms with Gasteiger partial charge in [-0.25, -0.2) is 0 Å². The Balaban J connectivity index is 1.91. The van der Waals surface area contributed by atoms with Crippen LogP contribution < -0.4 is 0 Å². The van der Waals surface area contributed by atoms with Crippen LogP contribution in [-0.4, -0.2) is 52.6 Å². The molecule has 1 aliphatic carbocycles. The van der Waals surface area contributed by atoms with Gasteiger partial charge in [-0.2, -0.15) is 0 Å². The van der Waals surface area contributed by atoms with E-state index in [1.54, 1.807) is 14.2 Å². The van der Waals surface area contributed by atoms with Crippen molar-refractivity contribution in [3.8, 4) is 0 Å². The summed E-state index contributed by atoms with van der Waals surface area (Å²) in [6, 6.07) is 0. The second kappa shape index (κ2) is 6.47. The fourth-order valence-electron chi connectivity index (χ4n) is 2.80. The predicted molar refractivity (Wildman–Crippen MR) is 60.7 cm³/mol. The molecule has 0 aromatic rings. The van der Waals surface area contributed by atoms with Crippen LogP contribution in [0.3, 0.4) is 0 Å². The Morgan fingerprint density at radius 3 is 2.78 bits per heavy atom. The summed E-state index contributed by atoms with van der Waals surface area (Å²) < 4.78 is 26.1. The summed E-state index contributed by atoms with van der Waals surface area (Å²) in [5, 5.41) is 0. The molecule has 0 radical (unpaired) electrons. The Bertz CT molecular complexity index is 282. The van der Waals surface area contributed by atoms with E-state index in [-0.39, 0.29) is 43.6 Å². The molecule has 0 bridgehead atoms. The number of hydrogen-bond donors (Lipinski definition) is 0. The zero-order valence-corrected chi connectivity index (χ0v) is 10.8. The molecule has 2 rings (SSSR count). The lowest BCUT2D eigenvalue weighted by Gasteiger charge is -2.22. The molecule has 1 aliphatic heterocycles. The Morgan fingerprint density at radius 2 is 2.06 bits per heavy atom. The van der Waals surface area contributed by atoms with Crippen LogP contribution in [0.1, 0.15) is 12.8 Å². The van der Waals surface area contributed by atoms with Crippen molar-refractivity contribution in [1.82, 2.24) is 0 Å². The Kier molecular flexibility index (Phi) is 4.94. The summed E-state index contributed by atoms with van der Waals surface area (Å²) in [6.45, 7) is 1.01. The highest BCUT2D eigenvalue weighted by molar-refractivity contribution is 5.72. The first kappa shape index (κ1) is 13.7. The summed E-state index contributed by atoms with van der Waals surface area (Å²) in [4.78, 5) is 11.3. The topological polar surface area (TPSA) is 63.2 Å². The minimum atomic E-state index is -0.119. The molecule has 0 spiro atoms. The zero-order chi connectivity index (χ0) is 13.0. The molecule has 18 heavy (non-hydrogen) atoms. The van der Waals surface area contributed by atoms with Crippen LogP contribution in [0, 0.1) is 11.8 Å². The zero-order valence-electron chi connectivity index (χ0n) is 10.8. The average Bonchev–Trinajstić information content (AvgIpc) is 2.84. The van der Waals surface area contributed by atoms with E-state index in [2.05, 4.69) is 0 Å². The molecule has 2 fully saturated rings. The van der Waals surface area contributed by atoms with E-state index in [1.807, 2.05) is 0 Å². The van der Waals surface area contributed by atoms with Crippen LogP contribution >= 0.6 is 0 Å². The Hall–Kier alpha value is -0.690. The number of esters is 1. The van der Waals surface area contributed by atoms with Crippen molar-refractivity contribution >= 4 is 5.97 Å². The number of hydrogen-bond acceptors (Lipinski definition) is 6. The highest BCUT2D eigenvalue weighted by Crippen LogP contribution is 2.42. The van der Waals surface area contributed by atoms with Gasteiger partial charge in [0.2, 0.25) is 0 Å². The van der Waals surface area contributed by atoms with E-state index < -0.39 is 0 Å². The van der Waals surface area contributed by atoms with Gasteiger partial charge in [0.25, 0.3) is 0 Å². The molecule has 6 nitrogen and oxygen atoms in total. The molecule has 1 heterocycles. The molecular weight excluding hydrogens is 240 g/mol. The Labute approximate surface area is 106 Å². The largest absolute Gasteiger partial charge is 0.462 e. The van der Waals surface area contributed by atoms with Crippen molar-refractivity contribution in [3.05, 3.63) is 0 Å². The molecular formula is C12H20O6. The lowest BCUT2D eigenvalue weighted by Crippen LogP contribution is -2.28. The molecule has 4 atom stereocenters. The number of carbonyl (C=O) groups excluding carboxylic acids is 1. The van der Waals surface area contributed by atoms with Gasteiger partial charge in [-0.05, 0) is 0 Å². The van der Waals surface area contributed by atoms with E-state index in [0.717, 1.165) is 6.42 Å². The normalized spacial score (nSPS) is 34.7. The maximum absolute atomic E-state index is 11.3. The van der Waals surface area contributed by atoms with Gasteiger partial charge in [-0.15, -0.1) is 0 Å². The first-order valence-corrected chi connectivity index (χ1v) is 6.13. The van der Waals surface area contributed by atoms with Crippen LogP contribution in [0.2, 0.25) is 0 Å². The summed E-state index contributed by atoms with van der Waals surface area (Å²) in [5.74, 6) is 0.231. The highest BCUT2D eigenvalue weighted by atomic mass is 16.7. The first-order chi connectivity index (χ1) is 8.76. The van der Waals surface area contributed by atoms with E-state index in [9.17, 15) is 4.79 Å². The van der Waals surface area contributed by atoms with Crippen molar-refractivity contribution < 1.29 is 28.5 Å². The number of fused-ring (bicyclic) bond motifs is 1. The third-order valence-electron chi connectivity index (χ3n) is 3.57. The van der Waals surface area contributed by atoms with Gasteiger partial charge < -0.3 is 23.7 Å². The molecule has 2 aliphatic rings. The SMILES string of the molecule is COCOC[C@H]1[C@@H]2CC(=O)O[C@@H]2C[C@@H]1OCOC. The quantitative estimate of drug-likeness (QED) is 0.378. The Morgan fingerprint density at radius 1 is 1.28 bits per heavy atom.